The number of sulfonamides is 1. The third-order valence-electron chi connectivity index (χ3n) is 5.91. The Morgan fingerprint density at radius 3 is 2.32 bits per heavy atom. The van der Waals surface area contributed by atoms with Crippen LogP contribution in [0.4, 0.5) is 4.39 Å². The van der Waals surface area contributed by atoms with Crippen molar-refractivity contribution in [2.75, 3.05) is 13.1 Å². The van der Waals surface area contributed by atoms with Crippen LogP contribution in [0.2, 0.25) is 0 Å². The molecule has 1 saturated heterocycles. The van der Waals surface area contributed by atoms with Crippen molar-refractivity contribution in [2.45, 2.75) is 30.7 Å². The molecule has 1 amide bonds. The van der Waals surface area contributed by atoms with Crippen molar-refractivity contribution in [3.05, 3.63) is 78.1 Å². The fourth-order valence-electron chi connectivity index (χ4n) is 4.00. The van der Waals surface area contributed by atoms with Gasteiger partial charge in [0.25, 0.3) is 0 Å². The predicted molar refractivity (Wildman–Crippen MR) is 118 cm³/mol. The fraction of sp³-hybridized carbons (Fsp3) is 0.292. The van der Waals surface area contributed by atoms with Crippen LogP contribution in [-0.4, -0.2) is 31.7 Å². The number of benzene rings is 3. The minimum atomic E-state index is -3.61. The highest BCUT2D eigenvalue weighted by atomic mass is 32.2. The molecule has 31 heavy (non-hydrogen) atoms. The lowest BCUT2D eigenvalue weighted by molar-refractivity contribution is -0.126. The summed E-state index contributed by atoms with van der Waals surface area (Å²) in [4.78, 5) is 12.9. The monoisotopic (exact) mass is 440 g/mol. The van der Waals surface area contributed by atoms with Crippen LogP contribution < -0.4 is 5.32 Å². The predicted octanol–water partition coefficient (Wildman–Crippen LogP) is 4.26. The maximum absolute atomic E-state index is 13.1. The van der Waals surface area contributed by atoms with Crippen molar-refractivity contribution in [2.24, 2.45) is 5.92 Å². The normalized spacial score (nSPS) is 16.8. The highest BCUT2D eigenvalue weighted by Crippen LogP contribution is 2.27. The van der Waals surface area contributed by atoms with Gasteiger partial charge in [0.2, 0.25) is 15.9 Å². The molecule has 1 aliphatic rings. The minimum Gasteiger partial charge on any atom is -0.349 e. The molecule has 1 fully saturated rings. The number of hydrogen-bond acceptors (Lipinski definition) is 3. The molecule has 1 heterocycles. The average Bonchev–Trinajstić information content (AvgIpc) is 2.79. The number of nitrogens with one attached hydrogen (secondary N) is 1. The summed E-state index contributed by atoms with van der Waals surface area (Å²) in [5.74, 6) is -0.659. The summed E-state index contributed by atoms with van der Waals surface area (Å²) < 4.78 is 40.7. The van der Waals surface area contributed by atoms with Gasteiger partial charge in [-0.15, -0.1) is 0 Å². The molecule has 3 aromatic carbocycles. The van der Waals surface area contributed by atoms with E-state index in [1.165, 1.54) is 16.4 Å². The first kappa shape index (κ1) is 21.5. The van der Waals surface area contributed by atoms with Crippen LogP contribution in [0.15, 0.2) is 71.6 Å². The van der Waals surface area contributed by atoms with E-state index in [-0.39, 0.29) is 28.6 Å². The Balaban J connectivity index is 1.39. The number of rotatable bonds is 5. The van der Waals surface area contributed by atoms with Crippen molar-refractivity contribution in [3.63, 3.8) is 0 Å². The van der Waals surface area contributed by atoms with Crippen molar-refractivity contribution in [1.29, 1.82) is 0 Å². The molecule has 1 N–H and O–H groups in total. The van der Waals surface area contributed by atoms with Gasteiger partial charge >= 0.3 is 0 Å². The Morgan fingerprint density at radius 1 is 1.00 bits per heavy atom. The van der Waals surface area contributed by atoms with Crippen LogP contribution in [0.3, 0.4) is 0 Å². The van der Waals surface area contributed by atoms with E-state index in [9.17, 15) is 17.6 Å². The lowest BCUT2D eigenvalue weighted by Crippen LogP contribution is -2.43. The first-order valence-corrected chi connectivity index (χ1v) is 11.8. The molecule has 0 unspecified atom stereocenters. The number of fused-ring (bicyclic) bond motifs is 1. The molecule has 0 aliphatic carbocycles. The Kier molecular flexibility index (Phi) is 6.07. The zero-order valence-electron chi connectivity index (χ0n) is 17.3. The van der Waals surface area contributed by atoms with E-state index in [1.807, 2.05) is 37.3 Å². The van der Waals surface area contributed by atoms with E-state index in [0.29, 0.717) is 25.9 Å². The second-order valence-electron chi connectivity index (χ2n) is 7.97. The van der Waals surface area contributed by atoms with Crippen molar-refractivity contribution < 1.29 is 17.6 Å². The van der Waals surface area contributed by atoms with E-state index in [0.717, 1.165) is 16.3 Å². The van der Waals surface area contributed by atoms with E-state index in [1.54, 1.807) is 24.3 Å². The van der Waals surface area contributed by atoms with Crippen molar-refractivity contribution in [3.8, 4) is 0 Å². The molecular weight excluding hydrogens is 415 g/mol. The van der Waals surface area contributed by atoms with Crippen LogP contribution in [0.5, 0.6) is 0 Å². The summed E-state index contributed by atoms with van der Waals surface area (Å²) >= 11 is 0. The molecule has 5 nitrogen and oxygen atoms in total. The van der Waals surface area contributed by atoms with Crippen LogP contribution in [0, 0.1) is 11.7 Å². The second kappa shape index (κ2) is 8.77. The van der Waals surface area contributed by atoms with Crippen LogP contribution >= 0.6 is 0 Å². The number of piperidine rings is 1. The van der Waals surface area contributed by atoms with Gasteiger partial charge in [-0.2, -0.15) is 4.31 Å². The molecule has 0 saturated carbocycles. The molecule has 0 aromatic heterocycles. The molecule has 0 radical (unpaired) electrons. The molecule has 4 rings (SSSR count). The fourth-order valence-corrected chi connectivity index (χ4v) is 5.51. The van der Waals surface area contributed by atoms with Gasteiger partial charge in [-0.05, 0) is 60.4 Å². The SMILES string of the molecule is C[C@@H](NC(=O)C1CCN(S(=O)(=O)c2ccc3ccccc3c2)CC1)c1ccc(F)cc1. The van der Waals surface area contributed by atoms with Crippen LogP contribution in [0.1, 0.15) is 31.4 Å². The quantitative estimate of drug-likeness (QED) is 0.645. The minimum absolute atomic E-state index is 0.0976. The number of carbonyl (C=O) groups is 1. The number of hydrogen-bond donors (Lipinski definition) is 1. The molecule has 7 heteroatoms. The number of nitrogens with zero attached hydrogens (tertiary/aromatic N) is 1. The summed E-state index contributed by atoms with van der Waals surface area (Å²) in [7, 11) is -3.61. The second-order valence-corrected chi connectivity index (χ2v) is 9.91. The first-order chi connectivity index (χ1) is 14.8. The van der Waals surface area contributed by atoms with E-state index in [2.05, 4.69) is 5.32 Å². The van der Waals surface area contributed by atoms with E-state index < -0.39 is 10.0 Å². The zero-order valence-corrected chi connectivity index (χ0v) is 18.1. The Hall–Kier alpha value is -2.77. The summed E-state index contributed by atoms with van der Waals surface area (Å²) in [6, 6.07) is 18.6. The molecule has 0 bridgehead atoms. The molecule has 1 aliphatic heterocycles. The maximum Gasteiger partial charge on any atom is 0.243 e. The van der Waals surface area contributed by atoms with E-state index in [4.69, 9.17) is 0 Å². The topological polar surface area (TPSA) is 66.5 Å². The van der Waals surface area contributed by atoms with Gasteiger partial charge < -0.3 is 5.32 Å². The van der Waals surface area contributed by atoms with E-state index >= 15 is 0 Å². The van der Waals surface area contributed by atoms with Crippen LogP contribution in [0.25, 0.3) is 10.8 Å². The van der Waals surface area contributed by atoms with Gasteiger partial charge in [0.05, 0.1) is 10.9 Å². The maximum atomic E-state index is 13.1. The van der Waals surface area contributed by atoms with Gasteiger partial charge in [-0.3, -0.25) is 4.79 Å². The molecular formula is C24H25FN2O3S. The molecule has 162 valence electrons. The highest BCUT2D eigenvalue weighted by molar-refractivity contribution is 7.89. The van der Waals surface area contributed by atoms with Crippen molar-refractivity contribution >= 4 is 26.7 Å². The standard InChI is InChI=1S/C24H25FN2O3S/c1-17(18-6-9-22(25)10-7-18)26-24(28)20-12-14-27(15-13-20)31(29,30)23-11-8-19-4-2-3-5-21(19)16-23/h2-11,16-17,20H,12-15H2,1H3,(H,26,28)/t17-/m1/s1. The van der Waals surface area contributed by atoms with Crippen molar-refractivity contribution in [1.82, 2.24) is 9.62 Å². The molecule has 0 spiro atoms. The molecule has 3 aromatic rings. The average molecular weight is 441 g/mol. The Morgan fingerprint density at radius 2 is 1.65 bits per heavy atom. The number of carbonyl (C=O) groups excluding carboxylic acids is 1. The number of amides is 1. The lowest BCUT2D eigenvalue weighted by Gasteiger charge is -2.31. The third-order valence-corrected chi connectivity index (χ3v) is 7.81. The van der Waals surface area contributed by atoms with Crippen LogP contribution in [-0.2, 0) is 14.8 Å². The highest BCUT2D eigenvalue weighted by Gasteiger charge is 2.32. The number of halogens is 1. The van der Waals surface area contributed by atoms with Gasteiger partial charge in [0.1, 0.15) is 5.82 Å². The Bertz CT molecular complexity index is 1190. The lowest BCUT2D eigenvalue weighted by atomic mass is 9.96. The van der Waals surface area contributed by atoms with Gasteiger partial charge in [-0.1, -0.05) is 42.5 Å². The van der Waals surface area contributed by atoms with Gasteiger partial charge in [0.15, 0.2) is 0 Å². The third kappa shape index (κ3) is 4.62. The summed E-state index contributed by atoms with van der Waals surface area (Å²) in [6.07, 6.45) is 0.934. The van der Waals surface area contributed by atoms with Gasteiger partial charge in [-0.25, -0.2) is 12.8 Å². The summed E-state index contributed by atoms with van der Waals surface area (Å²) in [5.41, 5.74) is 0.825. The zero-order chi connectivity index (χ0) is 22.0. The Labute approximate surface area is 181 Å². The van der Waals surface area contributed by atoms with Gasteiger partial charge in [0, 0.05) is 19.0 Å². The molecule has 1 atom stereocenters. The largest absolute Gasteiger partial charge is 0.349 e. The first-order valence-electron chi connectivity index (χ1n) is 10.4. The smallest absolute Gasteiger partial charge is 0.243 e. The summed E-state index contributed by atoms with van der Waals surface area (Å²) in [5, 5.41) is 4.84. The summed E-state index contributed by atoms with van der Waals surface area (Å²) in [6.45, 7) is 2.46.